The van der Waals surface area contributed by atoms with E-state index in [1.165, 1.54) is 11.3 Å². The minimum Gasteiger partial charge on any atom is -0.370 e. The molecule has 0 bridgehead atoms. The lowest BCUT2D eigenvalue weighted by atomic mass is 10.0. The number of nitrogens with zero attached hydrogens (tertiary/aromatic N) is 2. The van der Waals surface area contributed by atoms with E-state index in [2.05, 4.69) is 62.2 Å². The lowest BCUT2D eigenvalue weighted by molar-refractivity contribution is 0.414. The first-order chi connectivity index (χ1) is 8.60. The van der Waals surface area contributed by atoms with E-state index in [1.54, 1.807) is 0 Å². The Hall–Kier alpha value is -1.54. The zero-order valence-corrected chi connectivity index (χ0v) is 11.8. The first-order valence-electron chi connectivity index (χ1n) is 6.40. The first-order valence-corrected chi connectivity index (χ1v) is 6.40. The van der Waals surface area contributed by atoms with Crippen molar-refractivity contribution in [1.29, 1.82) is 0 Å². The van der Waals surface area contributed by atoms with Gasteiger partial charge in [0.25, 0.3) is 0 Å². The van der Waals surface area contributed by atoms with Gasteiger partial charge in [-0.3, -0.25) is 0 Å². The molecule has 1 rings (SSSR count). The fourth-order valence-corrected chi connectivity index (χ4v) is 1.90. The fourth-order valence-electron chi connectivity index (χ4n) is 1.90. The molecule has 0 aliphatic carbocycles. The molecule has 1 aromatic carbocycles. The summed E-state index contributed by atoms with van der Waals surface area (Å²) in [5.41, 5.74) is 3.40. The van der Waals surface area contributed by atoms with E-state index < -0.39 is 0 Å². The van der Waals surface area contributed by atoms with Gasteiger partial charge in [0.1, 0.15) is 0 Å². The largest absolute Gasteiger partial charge is 0.370 e. The number of hydrogen-bond acceptors (Lipinski definition) is 2. The smallest absolute Gasteiger partial charge is 0.0446 e. The highest BCUT2D eigenvalue weighted by Crippen LogP contribution is 2.26. The second kappa shape index (κ2) is 7.02. The van der Waals surface area contributed by atoms with Crippen LogP contribution in [0.25, 0.3) is 5.57 Å². The number of para-hydroxylation sites is 1. The highest BCUT2D eigenvalue weighted by atomic mass is 15.2. The predicted octanol–water partition coefficient (Wildman–Crippen LogP) is 3.27. The van der Waals surface area contributed by atoms with Gasteiger partial charge in [-0.2, -0.15) is 0 Å². The van der Waals surface area contributed by atoms with Crippen molar-refractivity contribution in [1.82, 2.24) is 4.90 Å². The normalized spacial score (nSPS) is 10.4. The van der Waals surface area contributed by atoms with E-state index in [0.717, 1.165) is 25.2 Å². The van der Waals surface area contributed by atoms with Crippen LogP contribution in [0.15, 0.2) is 43.5 Å². The summed E-state index contributed by atoms with van der Waals surface area (Å²) in [6.45, 7) is 13.1. The molecule has 0 amide bonds. The molecule has 0 saturated carbocycles. The maximum Gasteiger partial charge on any atom is 0.0446 e. The summed E-state index contributed by atoms with van der Waals surface area (Å²) in [7, 11) is 4.20. The lowest BCUT2D eigenvalue weighted by Crippen LogP contribution is -2.32. The average Bonchev–Trinajstić information content (AvgIpc) is 2.38. The van der Waals surface area contributed by atoms with Gasteiger partial charge in [0.05, 0.1) is 0 Å². The Morgan fingerprint density at radius 1 is 1.22 bits per heavy atom. The molecule has 0 N–H and O–H groups in total. The van der Waals surface area contributed by atoms with Gasteiger partial charge in [-0.1, -0.05) is 37.4 Å². The Balaban J connectivity index is 2.97. The number of hydrogen-bond donors (Lipinski definition) is 0. The minimum atomic E-state index is 0.980. The molecule has 0 unspecified atom stereocenters. The van der Waals surface area contributed by atoms with Crippen molar-refractivity contribution in [3.05, 3.63) is 49.1 Å². The van der Waals surface area contributed by atoms with Crippen molar-refractivity contribution >= 4 is 11.3 Å². The standard InChI is InChI=1S/C16H24N2/c1-6-14(3)15-10-8-9-11-16(15)18(7-2)13-12-17(4)5/h6,8-11H,1,3,7,12-13H2,2,4-5H3. The topological polar surface area (TPSA) is 6.48 Å². The van der Waals surface area contributed by atoms with Crippen LogP contribution >= 0.6 is 0 Å². The molecule has 0 aromatic heterocycles. The maximum atomic E-state index is 4.06. The zero-order chi connectivity index (χ0) is 13.5. The molecule has 1 aromatic rings. The van der Waals surface area contributed by atoms with E-state index in [-0.39, 0.29) is 0 Å². The molecular formula is C16H24N2. The van der Waals surface area contributed by atoms with Crippen LogP contribution in [0.5, 0.6) is 0 Å². The van der Waals surface area contributed by atoms with Crippen LogP contribution < -0.4 is 4.90 Å². The molecule has 0 saturated heterocycles. The van der Waals surface area contributed by atoms with E-state index >= 15 is 0 Å². The molecule has 0 aliphatic heterocycles. The van der Waals surface area contributed by atoms with Gasteiger partial charge in [0.2, 0.25) is 0 Å². The van der Waals surface area contributed by atoms with Crippen molar-refractivity contribution in [2.24, 2.45) is 0 Å². The Bertz CT molecular complexity index is 407. The molecule has 0 spiro atoms. The molecule has 98 valence electrons. The molecule has 0 aliphatic rings. The number of benzene rings is 1. The fraction of sp³-hybridized carbons (Fsp3) is 0.375. The second-order valence-electron chi connectivity index (χ2n) is 4.63. The highest BCUT2D eigenvalue weighted by molar-refractivity contribution is 5.80. The van der Waals surface area contributed by atoms with Gasteiger partial charge in [-0.25, -0.2) is 0 Å². The van der Waals surface area contributed by atoms with E-state index in [0.29, 0.717) is 0 Å². The third-order valence-electron chi connectivity index (χ3n) is 3.04. The van der Waals surface area contributed by atoms with Gasteiger partial charge in [0.15, 0.2) is 0 Å². The molecule has 2 nitrogen and oxygen atoms in total. The van der Waals surface area contributed by atoms with Crippen LogP contribution in [-0.4, -0.2) is 38.6 Å². The molecule has 18 heavy (non-hydrogen) atoms. The summed E-state index contributed by atoms with van der Waals surface area (Å²) in [4.78, 5) is 4.58. The van der Waals surface area contributed by atoms with Crippen molar-refractivity contribution in [3.8, 4) is 0 Å². The number of likely N-dealkylation sites (N-methyl/N-ethyl adjacent to an activating group) is 2. The Kier molecular flexibility index (Phi) is 5.66. The van der Waals surface area contributed by atoms with Crippen molar-refractivity contribution < 1.29 is 0 Å². The Morgan fingerprint density at radius 2 is 1.89 bits per heavy atom. The molecule has 0 atom stereocenters. The third kappa shape index (κ3) is 3.74. The SMILES string of the molecule is C=CC(=C)c1ccccc1N(CC)CCN(C)C. The quantitative estimate of drug-likeness (QED) is 0.679. The minimum absolute atomic E-state index is 0.980. The van der Waals surface area contributed by atoms with Crippen LogP contribution in [0.4, 0.5) is 5.69 Å². The summed E-state index contributed by atoms with van der Waals surface area (Å²) in [6, 6.07) is 8.39. The molecule has 0 radical (unpaired) electrons. The van der Waals surface area contributed by atoms with Crippen LogP contribution in [0, 0.1) is 0 Å². The van der Waals surface area contributed by atoms with Gasteiger partial charge in [-0.05, 0) is 32.7 Å². The molecular weight excluding hydrogens is 220 g/mol. The van der Waals surface area contributed by atoms with Crippen molar-refractivity contribution in [3.63, 3.8) is 0 Å². The lowest BCUT2D eigenvalue weighted by Gasteiger charge is -2.27. The second-order valence-corrected chi connectivity index (χ2v) is 4.63. The van der Waals surface area contributed by atoms with Gasteiger partial charge in [-0.15, -0.1) is 0 Å². The number of rotatable bonds is 7. The summed E-state index contributed by atoms with van der Waals surface area (Å²) < 4.78 is 0. The molecule has 0 fully saturated rings. The highest BCUT2D eigenvalue weighted by Gasteiger charge is 2.10. The summed E-state index contributed by atoms with van der Waals surface area (Å²) >= 11 is 0. The number of anilines is 1. The predicted molar refractivity (Wildman–Crippen MR) is 82.1 cm³/mol. The average molecular weight is 244 g/mol. The van der Waals surface area contributed by atoms with Crippen LogP contribution in [0.2, 0.25) is 0 Å². The third-order valence-corrected chi connectivity index (χ3v) is 3.04. The summed E-state index contributed by atoms with van der Waals surface area (Å²) in [5.74, 6) is 0. The first kappa shape index (κ1) is 14.5. The Morgan fingerprint density at radius 3 is 2.44 bits per heavy atom. The maximum absolute atomic E-state index is 4.06. The Labute approximate surface area is 111 Å². The monoisotopic (exact) mass is 244 g/mol. The summed E-state index contributed by atoms with van der Waals surface area (Å²) in [5, 5.41) is 0. The molecule has 2 heteroatoms. The van der Waals surface area contributed by atoms with Crippen molar-refractivity contribution in [2.75, 3.05) is 38.6 Å². The molecule has 0 heterocycles. The number of allylic oxidation sites excluding steroid dienone is 2. The van der Waals surface area contributed by atoms with Crippen LogP contribution in [0.3, 0.4) is 0 Å². The van der Waals surface area contributed by atoms with Gasteiger partial charge in [0, 0.05) is 30.9 Å². The van der Waals surface area contributed by atoms with E-state index in [1.807, 2.05) is 12.1 Å². The zero-order valence-electron chi connectivity index (χ0n) is 11.8. The van der Waals surface area contributed by atoms with Crippen LogP contribution in [0.1, 0.15) is 12.5 Å². The van der Waals surface area contributed by atoms with E-state index in [4.69, 9.17) is 0 Å². The van der Waals surface area contributed by atoms with Gasteiger partial charge >= 0.3 is 0 Å². The summed E-state index contributed by atoms with van der Waals surface area (Å²) in [6.07, 6.45) is 1.82. The van der Waals surface area contributed by atoms with Crippen LogP contribution in [-0.2, 0) is 0 Å². The van der Waals surface area contributed by atoms with Gasteiger partial charge < -0.3 is 9.80 Å². The van der Waals surface area contributed by atoms with E-state index in [9.17, 15) is 0 Å². The van der Waals surface area contributed by atoms with Crippen molar-refractivity contribution in [2.45, 2.75) is 6.92 Å².